The Bertz CT molecular complexity index is 644. The average molecular weight is 477 g/mol. The van der Waals surface area contributed by atoms with Crippen LogP contribution in [0.15, 0.2) is 0 Å². The highest BCUT2D eigenvalue weighted by molar-refractivity contribution is 5.80. The largest absolute Gasteiger partial charge is 0.391 e. The van der Waals surface area contributed by atoms with Crippen molar-refractivity contribution in [2.75, 3.05) is 33.7 Å². The second kappa shape index (κ2) is 12.9. The van der Waals surface area contributed by atoms with Crippen molar-refractivity contribution in [2.45, 2.75) is 80.6 Å². The SMILES string of the molecule is CNC[C@@H]1CC[C@@H](NC(=O)[C@@H](O)CCN)[C@@H](O[C@H]2[C@H](O)[C@H](N(C)C(=O)CN)[C@@H](O)C[C@H]2N)O1. The van der Waals surface area contributed by atoms with Gasteiger partial charge in [0.2, 0.25) is 11.8 Å². The maximum Gasteiger partial charge on any atom is 0.249 e. The van der Waals surface area contributed by atoms with E-state index in [1.54, 1.807) is 7.05 Å². The van der Waals surface area contributed by atoms with Gasteiger partial charge in [0.25, 0.3) is 0 Å². The van der Waals surface area contributed by atoms with Crippen molar-refractivity contribution in [3.8, 4) is 0 Å². The molecule has 0 bridgehead atoms. The van der Waals surface area contributed by atoms with E-state index in [1.165, 1.54) is 11.9 Å². The number of carbonyl (C=O) groups excluding carboxylic acids is 2. The Morgan fingerprint density at radius 1 is 1.27 bits per heavy atom. The number of amides is 2. The molecule has 11 N–H and O–H groups in total. The Kier molecular flexibility index (Phi) is 10.9. The summed E-state index contributed by atoms with van der Waals surface area (Å²) in [7, 11) is 3.23. The number of ether oxygens (including phenoxy) is 2. The van der Waals surface area contributed by atoms with Crippen LogP contribution in [0.4, 0.5) is 0 Å². The number of nitrogens with zero attached hydrogens (tertiary/aromatic N) is 1. The predicted octanol–water partition coefficient (Wildman–Crippen LogP) is -4.47. The molecule has 2 fully saturated rings. The number of likely N-dealkylation sites (N-methyl/N-ethyl adjacent to an activating group) is 2. The molecule has 0 aromatic rings. The van der Waals surface area contributed by atoms with Gasteiger partial charge in [-0.1, -0.05) is 0 Å². The molecule has 13 heteroatoms. The van der Waals surface area contributed by atoms with Crippen molar-refractivity contribution in [3.63, 3.8) is 0 Å². The Morgan fingerprint density at radius 2 is 1.97 bits per heavy atom. The molecule has 192 valence electrons. The lowest BCUT2D eigenvalue weighted by Crippen LogP contribution is -2.67. The fraction of sp³-hybridized carbons (Fsp3) is 0.900. The summed E-state index contributed by atoms with van der Waals surface area (Å²) in [6.45, 7) is 0.424. The molecule has 0 radical (unpaired) electrons. The zero-order valence-electron chi connectivity index (χ0n) is 19.3. The molecular weight excluding hydrogens is 436 g/mol. The molecule has 0 unspecified atom stereocenters. The molecule has 2 aliphatic rings. The molecule has 9 atom stereocenters. The van der Waals surface area contributed by atoms with Crippen LogP contribution in [0.3, 0.4) is 0 Å². The van der Waals surface area contributed by atoms with Crippen molar-refractivity contribution in [1.29, 1.82) is 0 Å². The first-order chi connectivity index (χ1) is 15.6. The van der Waals surface area contributed by atoms with Crippen molar-refractivity contribution < 1.29 is 34.4 Å². The summed E-state index contributed by atoms with van der Waals surface area (Å²) in [5.41, 5.74) is 17.0. The van der Waals surface area contributed by atoms with Crippen LogP contribution in [0.1, 0.15) is 25.7 Å². The van der Waals surface area contributed by atoms with E-state index in [0.29, 0.717) is 19.4 Å². The topological polar surface area (TPSA) is 219 Å². The van der Waals surface area contributed by atoms with Crippen LogP contribution in [0.5, 0.6) is 0 Å². The maximum atomic E-state index is 12.4. The van der Waals surface area contributed by atoms with E-state index in [0.717, 1.165) is 0 Å². The number of aliphatic hydroxyl groups excluding tert-OH is 3. The number of carbonyl (C=O) groups is 2. The van der Waals surface area contributed by atoms with E-state index in [2.05, 4.69) is 10.6 Å². The summed E-state index contributed by atoms with van der Waals surface area (Å²) >= 11 is 0. The molecule has 0 spiro atoms. The van der Waals surface area contributed by atoms with Gasteiger partial charge in [0.15, 0.2) is 6.29 Å². The molecule has 1 aliphatic carbocycles. The van der Waals surface area contributed by atoms with Crippen molar-refractivity contribution >= 4 is 11.8 Å². The van der Waals surface area contributed by atoms with Gasteiger partial charge in [-0.3, -0.25) is 9.59 Å². The van der Waals surface area contributed by atoms with Gasteiger partial charge in [0.05, 0.1) is 30.8 Å². The van der Waals surface area contributed by atoms with E-state index in [1.807, 2.05) is 0 Å². The van der Waals surface area contributed by atoms with Crippen LogP contribution in [-0.2, 0) is 19.1 Å². The lowest BCUT2D eigenvalue weighted by Gasteiger charge is -2.47. The van der Waals surface area contributed by atoms with E-state index < -0.39 is 60.6 Å². The standard InChI is InChI=1S/C20H40N6O7/c1-24-9-10-3-4-12(25-19(31)13(27)5-6-21)20(32-10)33-18-11(23)7-14(28)16(17(18)30)26(2)15(29)8-22/h10-14,16-18,20,24,27-28,30H,3-9,21-23H2,1-2H3,(H,25,31)/t10-,11+,12+,13-,14-,16+,17+,18+,20+/m0/s1. The number of nitrogens with one attached hydrogen (secondary N) is 2. The fourth-order valence-corrected chi connectivity index (χ4v) is 4.43. The van der Waals surface area contributed by atoms with Gasteiger partial charge in [-0.05, 0) is 39.3 Å². The molecule has 1 saturated heterocycles. The molecule has 0 aromatic heterocycles. The molecule has 1 saturated carbocycles. The maximum absolute atomic E-state index is 12.4. The first-order valence-corrected chi connectivity index (χ1v) is 11.4. The second-order valence-corrected chi connectivity index (χ2v) is 8.73. The number of hydrogen-bond donors (Lipinski definition) is 8. The molecule has 2 rings (SSSR count). The van der Waals surface area contributed by atoms with Gasteiger partial charge in [-0.25, -0.2) is 0 Å². The highest BCUT2D eigenvalue weighted by Crippen LogP contribution is 2.29. The fourth-order valence-electron chi connectivity index (χ4n) is 4.43. The van der Waals surface area contributed by atoms with Gasteiger partial charge in [0, 0.05) is 19.6 Å². The Balaban J connectivity index is 2.19. The average Bonchev–Trinajstić information content (AvgIpc) is 2.77. The first-order valence-electron chi connectivity index (χ1n) is 11.4. The lowest BCUT2D eigenvalue weighted by molar-refractivity contribution is -0.256. The van der Waals surface area contributed by atoms with E-state index in [4.69, 9.17) is 26.7 Å². The summed E-state index contributed by atoms with van der Waals surface area (Å²) < 4.78 is 12.1. The van der Waals surface area contributed by atoms with E-state index in [9.17, 15) is 24.9 Å². The van der Waals surface area contributed by atoms with Crippen LogP contribution < -0.4 is 27.8 Å². The molecule has 0 aromatic carbocycles. The highest BCUT2D eigenvalue weighted by Gasteiger charge is 2.48. The summed E-state index contributed by atoms with van der Waals surface area (Å²) in [6, 6.07) is -2.33. The van der Waals surface area contributed by atoms with Crippen molar-refractivity contribution in [3.05, 3.63) is 0 Å². The van der Waals surface area contributed by atoms with Gasteiger partial charge < -0.3 is 57.5 Å². The quantitative estimate of drug-likeness (QED) is 0.150. The summed E-state index contributed by atoms with van der Waals surface area (Å²) in [5.74, 6) is -1.04. The van der Waals surface area contributed by atoms with Gasteiger partial charge in [-0.2, -0.15) is 0 Å². The van der Waals surface area contributed by atoms with E-state index in [-0.39, 0.29) is 32.0 Å². The van der Waals surface area contributed by atoms with Gasteiger partial charge in [0.1, 0.15) is 18.3 Å². The number of aliphatic hydroxyl groups is 3. The normalized spacial score (nSPS) is 35.6. The third kappa shape index (κ3) is 7.04. The smallest absolute Gasteiger partial charge is 0.249 e. The van der Waals surface area contributed by atoms with Crippen LogP contribution in [0, 0.1) is 0 Å². The minimum Gasteiger partial charge on any atom is -0.391 e. The van der Waals surface area contributed by atoms with Crippen LogP contribution in [0.25, 0.3) is 0 Å². The van der Waals surface area contributed by atoms with Crippen LogP contribution in [-0.4, -0.2) is 121 Å². The molecule has 1 aliphatic heterocycles. The summed E-state index contributed by atoms with van der Waals surface area (Å²) in [5, 5.41) is 37.2. The molecule has 1 heterocycles. The Hall–Kier alpha value is -1.42. The second-order valence-electron chi connectivity index (χ2n) is 8.73. The van der Waals surface area contributed by atoms with Crippen LogP contribution in [0.2, 0.25) is 0 Å². The number of rotatable bonds is 10. The summed E-state index contributed by atoms with van der Waals surface area (Å²) in [4.78, 5) is 25.6. The van der Waals surface area contributed by atoms with E-state index >= 15 is 0 Å². The van der Waals surface area contributed by atoms with Gasteiger partial charge in [-0.15, -0.1) is 0 Å². The Labute approximate surface area is 193 Å². The predicted molar refractivity (Wildman–Crippen MR) is 119 cm³/mol. The van der Waals surface area contributed by atoms with Crippen molar-refractivity contribution in [2.24, 2.45) is 17.2 Å². The monoisotopic (exact) mass is 476 g/mol. The third-order valence-corrected chi connectivity index (χ3v) is 6.28. The minimum atomic E-state index is -1.32. The highest BCUT2D eigenvalue weighted by atomic mass is 16.7. The zero-order chi connectivity index (χ0) is 24.7. The lowest BCUT2D eigenvalue weighted by atomic mass is 9.83. The Morgan fingerprint density at radius 3 is 2.58 bits per heavy atom. The number of nitrogens with two attached hydrogens (primary N) is 3. The molecule has 2 amide bonds. The first kappa shape index (κ1) is 27.8. The molecular formula is C20H40N6O7. The third-order valence-electron chi connectivity index (χ3n) is 6.28. The minimum absolute atomic E-state index is 0.0769. The number of hydrogen-bond acceptors (Lipinski definition) is 11. The molecule has 33 heavy (non-hydrogen) atoms. The van der Waals surface area contributed by atoms with Gasteiger partial charge >= 0.3 is 0 Å². The summed E-state index contributed by atoms with van der Waals surface area (Å²) in [6.07, 6.45) is -4.49. The molecule has 13 nitrogen and oxygen atoms in total. The van der Waals surface area contributed by atoms with Crippen LogP contribution >= 0.6 is 0 Å². The van der Waals surface area contributed by atoms with Crippen molar-refractivity contribution in [1.82, 2.24) is 15.5 Å². The zero-order valence-corrected chi connectivity index (χ0v) is 19.3.